The number of ether oxygens (including phenoxy) is 2. The normalized spacial score (nSPS) is 16.5. The van der Waals surface area contributed by atoms with E-state index in [0.29, 0.717) is 14.9 Å². The van der Waals surface area contributed by atoms with E-state index in [4.69, 9.17) is 26.1 Å². The molecular weight excluding hydrogens is 508 g/mol. The molecule has 6 nitrogen and oxygen atoms in total. The van der Waals surface area contributed by atoms with Crippen LogP contribution in [0.15, 0.2) is 76.0 Å². The molecule has 2 heterocycles. The highest BCUT2D eigenvalue weighted by Gasteiger charge is 2.32. The first-order chi connectivity index (χ1) is 18.0. The molecule has 4 aromatic rings. The highest BCUT2D eigenvalue weighted by molar-refractivity contribution is 7.07. The average Bonchev–Trinajstić information content (AvgIpc) is 3.23. The lowest BCUT2D eigenvalue weighted by Crippen LogP contribution is -2.38. The Labute approximate surface area is 222 Å². The summed E-state index contributed by atoms with van der Waals surface area (Å²) in [4.78, 5) is 19.6. The number of fused-ring (bicyclic) bond motifs is 3. The summed E-state index contributed by atoms with van der Waals surface area (Å²) in [5.41, 5.74) is 5.94. The van der Waals surface area contributed by atoms with Crippen molar-refractivity contribution in [2.75, 3.05) is 14.2 Å². The van der Waals surface area contributed by atoms with E-state index < -0.39 is 0 Å². The summed E-state index contributed by atoms with van der Waals surface area (Å²) in [6.45, 7) is 0. The molecule has 0 saturated carbocycles. The van der Waals surface area contributed by atoms with Crippen LogP contribution in [0.5, 0.6) is 17.2 Å². The maximum absolute atomic E-state index is 13.9. The van der Waals surface area contributed by atoms with Crippen molar-refractivity contribution >= 4 is 34.7 Å². The Morgan fingerprint density at radius 1 is 1.08 bits per heavy atom. The number of aromatic hydroxyl groups is 1. The van der Waals surface area contributed by atoms with Gasteiger partial charge in [-0.3, -0.25) is 9.36 Å². The van der Waals surface area contributed by atoms with E-state index >= 15 is 0 Å². The fourth-order valence-corrected chi connectivity index (χ4v) is 6.34. The lowest BCUT2D eigenvalue weighted by atomic mass is 9.83. The van der Waals surface area contributed by atoms with Crippen molar-refractivity contribution in [2.45, 2.75) is 18.9 Å². The zero-order chi connectivity index (χ0) is 25.7. The molecule has 1 atom stereocenters. The van der Waals surface area contributed by atoms with Crippen molar-refractivity contribution < 1.29 is 14.6 Å². The van der Waals surface area contributed by atoms with Gasteiger partial charge in [0.05, 0.1) is 35.5 Å². The van der Waals surface area contributed by atoms with Crippen LogP contribution < -0.4 is 24.4 Å². The highest BCUT2D eigenvalue weighted by atomic mass is 35.5. The Morgan fingerprint density at radius 2 is 1.92 bits per heavy atom. The van der Waals surface area contributed by atoms with Crippen LogP contribution >= 0.6 is 22.9 Å². The summed E-state index contributed by atoms with van der Waals surface area (Å²) in [7, 11) is 3.10. The number of rotatable bonds is 4. The van der Waals surface area contributed by atoms with Gasteiger partial charge in [0.15, 0.2) is 16.3 Å². The Morgan fingerprint density at radius 3 is 2.73 bits per heavy atom. The number of benzene rings is 3. The van der Waals surface area contributed by atoms with Gasteiger partial charge in [-0.05, 0) is 65.4 Å². The van der Waals surface area contributed by atoms with Gasteiger partial charge in [0.2, 0.25) is 0 Å². The number of thiazole rings is 1. The molecule has 0 spiro atoms. The molecule has 2 aliphatic rings. The molecule has 1 aliphatic heterocycles. The molecule has 1 aliphatic carbocycles. The molecule has 1 N–H and O–H groups in total. The summed E-state index contributed by atoms with van der Waals surface area (Å²) in [6, 6.07) is 19.2. The molecule has 37 heavy (non-hydrogen) atoms. The van der Waals surface area contributed by atoms with Gasteiger partial charge in [0, 0.05) is 5.56 Å². The molecule has 186 valence electrons. The van der Waals surface area contributed by atoms with Crippen LogP contribution in [0.25, 0.3) is 11.8 Å². The predicted molar refractivity (Wildman–Crippen MR) is 145 cm³/mol. The fraction of sp³-hybridized carbons (Fsp3) is 0.172. The van der Waals surface area contributed by atoms with Crippen molar-refractivity contribution in [3.8, 4) is 17.2 Å². The SMILES string of the molecule is COc1cccc([C@@H]2C3=C(N=c4s/c(=C\c5cc(Cl)c(O)c(OC)c5)c(=O)n42)c2ccccc2CC3)c1. The third-order valence-corrected chi connectivity index (χ3v) is 8.12. The number of aromatic nitrogens is 1. The molecule has 0 bridgehead atoms. The Hall–Kier alpha value is -3.81. The predicted octanol–water partition coefficient (Wildman–Crippen LogP) is 4.69. The van der Waals surface area contributed by atoms with Crippen LogP contribution in [-0.4, -0.2) is 23.9 Å². The standard InChI is InChI=1S/C29H23ClN2O4S/c1-35-19-8-5-7-18(15-19)26-21-11-10-17-6-3-4-9-20(17)25(21)31-29-32(26)28(34)24(37-29)14-16-12-22(30)27(33)23(13-16)36-2/h3-9,12-15,26,33H,10-11H2,1-2H3/b24-14-/t26-/m1/s1. The number of phenols is 1. The van der Waals surface area contributed by atoms with Gasteiger partial charge >= 0.3 is 0 Å². The van der Waals surface area contributed by atoms with Gasteiger partial charge in [0.1, 0.15) is 5.75 Å². The number of hydrogen-bond donors (Lipinski definition) is 1. The van der Waals surface area contributed by atoms with Crippen molar-refractivity contribution in [3.63, 3.8) is 0 Å². The molecule has 0 fully saturated rings. The van der Waals surface area contributed by atoms with E-state index in [1.54, 1.807) is 29.9 Å². The second-order valence-corrected chi connectivity index (χ2v) is 10.4. The van der Waals surface area contributed by atoms with Crippen molar-refractivity contribution in [1.29, 1.82) is 0 Å². The van der Waals surface area contributed by atoms with Crippen LogP contribution in [-0.2, 0) is 6.42 Å². The monoisotopic (exact) mass is 530 g/mol. The van der Waals surface area contributed by atoms with Gasteiger partial charge in [0.25, 0.3) is 5.56 Å². The maximum Gasteiger partial charge on any atom is 0.271 e. The summed E-state index contributed by atoms with van der Waals surface area (Å²) >= 11 is 7.54. The zero-order valence-electron chi connectivity index (χ0n) is 20.2. The minimum atomic E-state index is -0.296. The lowest BCUT2D eigenvalue weighted by molar-refractivity contribution is 0.373. The van der Waals surface area contributed by atoms with E-state index in [0.717, 1.165) is 41.0 Å². The number of hydrogen-bond acceptors (Lipinski definition) is 6. The van der Waals surface area contributed by atoms with Crippen LogP contribution in [0.2, 0.25) is 5.02 Å². The van der Waals surface area contributed by atoms with Crippen LogP contribution in [0.1, 0.15) is 34.7 Å². The third kappa shape index (κ3) is 3.95. The van der Waals surface area contributed by atoms with Crippen molar-refractivity contribution in [1.82, 2.24) is 4.57 Å². The van der Waals surface area contributed by atoms with Gasteiger partial charge in [-0.25, -0.2) is 4.99 Å². The van der Waals surface area contributed by atoms with E-state index in [1.807, 2.05) is 30.3 Å². The van der Waals surface area contributed by atoms with Gasteiger partial charge in [-0.15, -0.1) is 0 Å². The number of allylic oxidation sites excluding steroid dienone is 1. The first kappa shape index (κ1) is 23.6. The number of halogens is 1. The number of nitrogens with zero attached hydrogens (tertiary/aromatic N) is 2. The molecule has 6 rings (SSSR count). The molecule has 3 aromatic carbocycles. The Bertz CT molecular complexity index is 1770. The van der Waals surface area contributed by atoms with Crippen molar-refractivity contribution in [3.05, 3.63) is 113 Å². The smallest absolute Gasteiger partial charge is 0.271 e. The molecule has 8 heteroatoms. The van der Waals surface area contributed by atoms with Crippen LogP contribution in [0.3, 0.4) is 0 Å². The number of aryl methyl sites for hydroxylation is 1. The second-order valence-electron chi connectivity index (χ2n) is 8.94. The van der Waals surface area contributed by atoms with Gasteiger partial charge in [-0.1, -0.05) is 59.3 Å². The fourth-order valence-electron chi connectivity index (χ4n) is 5.12. The summed E-state index contributed by atoms with van der Waals surface area (Å²) in [5.74, 6) is 0.848. The number of methoxy groups -OCH3 is 2. The van der Waals surface area contributed by atoms with E-state index in [1.165, 1.54) is 24.0 Å². The van der Waals surface area contributed by atoms with Gasteiger partial charge in [-0.2, -0.15) is 0 Å². The summed E-state index contributed by atoms with van der Waals surface area (Å²) in [5, 5.41) is 10.3. The third-order valence-electron chi connectivity index (χ3n) is 6.85. The molecule has 0 saturated heterocycles. The molecule has 0 amide bonds. The molecule has 1 aromatic heterocycles. The highest BCUT2D eigenvalue weighted by Crippen LogP contribution is 2.41. The first-order valence-electron chi connectivity index (χ1n) is 11.8. The maximum atomic E-state index is 13.9. The molecule has 0 radical (unpaired) electrons. The van der Waals surface area contributed by atoms with Crippen LogP contribution in [0.4, 0.5) is 0 Å². The van der Waals surface area contributed by atoms with E-state index in [2.05, 4.69) is 18.2 Å². The van der Waals surface area contributed by atoms with E-state index in [9.17, 15) is 9.90 Å². The summed E-state index contributed by atoms with van der Waals surface area (Å²) < 4.78 is 13.1. The largest absolute Gasteiger partial charge is 0.503 e. The number of phenolic OH excluding ortho intramolecular Hbond substituents is 1. The van der Waals surface area contributed by atoms with E-state index in [-0.39, 0.29) is 28.1 Å². The zero-order valence-corrected chi connectivity index (χ0v) is 21.8. The molecular formula is C29H23ClN2O4S. The first-order valence-corrected chi connectivity index (χ1v) is 13.0. The van der Waals surface area contributed by atoms with Gasteiger partial charge < -0.3 is 14.6 Å². The summed E-state index contributed by atoms with van der Waals surface area (Å²) in [6.07, 6.45) is 3.46. The molecule has 0 unspecified atom stereocenters. The Balaban J connectivity index is 1.61. The van der Waals surface area contributed by atoms with Crippen LogP contribution in [0, 0.1) is 0 Å². The second kappa shape index (κ2) is 9.25. The Kier molecular flexibility index (Phi) is 5.89. The topological polar surface area (TPSA) is 73.1 Å². The van der Waals surface area contributed by atoms with Crippen molar-refractivity contribution in [2.24, 2.45) is 4.99 Å². The minimum absolute atomic E-state index is 0.132. The lowest BCUT2D eigenvalue weighted by Gasteiger charge is -2.31. The minimum Gasteiger partial charge on any atom is -0.503 e. The quantitative estimate of drug-likeness (QED) is 0.415. The average molecular weight is 531 g/mol.